The van der Waals surface area contributed by atoms with E-state index in [1.54, 1.807) is 7.11 Å². The van der Waals surface area contributed by atoms with E-state index in [1.165, 1.54) is 0 Å². The maximum absolute atomic E-state index is 11.3. The van der Waals surface area contributed by atoms with E-state index in [4.69, 9.17) is 4.74 Å². The molecule has 17 heavy (non-hydrogen) atoms. The molecule has 0 aromatic rings. The molecule has 1 unspecified atom stereocenters. The van der Waals surface area contributed by atoms with Gasteiger partial charge in [-0.2, -0.15) is 0 Å². The number of rotatable bonds is 6. The van der Waals surface area contributed by atoms with Gasteiger partial charge in [-0.1, -0.05) is 13.8 Å². The van der Waals surface area contributed by atoms with Crippen molar-refractivity contribution in [2.75, 3.05) is 26.8 Å². The van der Waals surface area contributed by atoms with Crippen molar-refractivity contribution in [2.24, 2.45) is 5.41 Å². The molecule has 0 saturated carbocycles. The summed E-state index contributed by atoms with van der Waals surface area (Å²) in [6.45, 7) is 6.63. The highest BCUT2D eigenvalue weighted by Gasteiger charge is 2.40. The first-order valence-electron chi connectivity index (χ1n) is 6.56. The number of carbonyl (C=O) groups is 1. The Morgan fingerprint density at radius 2 is 2.00 bits per heavy atom. The molecule has 1 saturated heterocycles. The van der Waals surface area contributed by atoms with Crippen molar-refractivity contribution in [3.8, 4) is 0 Å². The quantitative estimate of drug-likeness (QED) is 0.775. The zero-order chi connectivity index (χ0) is 12.9. The van der Waals surface area contributed by atoms with E-state index in [-0.39, 0.29) is 0 Å². The standard InChI is InChI=1S/C13H25NO3/c1-4-11(10-17-3)14-8-6-13(5-2,7-9-14)12(15)16/h11H,4-10H2,1-3H3,(H,15,16). The first-order valence-corrected chi connectivity index (χ1v) is 6.56. The molecule has 4 nitrogen and oxygen atoms in total. The van der Waals surface area contributed by atoms with Gasteiger partial charge in [0.2, 0.25) is 0 Å². The Morgan fingerprint density at radius 3 is 2.35 bits per heavy atom. The molecule has 0 aliphatic carbocycles. The maximum Gasteiger partial charge on any atom is 0.309 e. The molecular weight excluding hydrogens is 218 g/mol. The second-order valence-corrected chi connectivity index (χ2v) is 4.99. The van der Waals surface area contributed by atoms with Crippen LogP contribution in [0.25, 0.3) is 0 Å². The number of methoxy groups -OCH3 is 1. The molecule has 0 radical (unpaired) electrons. The molecule has 1 N–H and O–H groups in total. The molecule has 1 aliphatic heterocycles. The fourth-order valence-electron chi connectivity index (χ4n) is 2.71. The Bertz CT molecular complexity index is 247. The van der Waals surface area contributed by atoms with E-state index in [0.29, 0.717) is 6.04 Å². The molecular formula is C13H25NO3. The van der Waals surface area contributed by atoms with Crippen LogP contribution in [0.1, 0.15) is 39.5 Å². The van der Waals surface area contributed by atoms with Crippen LogP contribution in [-0.4, -0.2) is 48.8 Å². The van der Waals surface area contributed by atoms with Crippen molar-refractivity contribution in [3.63, 3.8) is 0 Å². The first kappa shape index (κ1) is 14.5. The smallest absolute Gasteiger partial charge is 0.309 e. The molecule has 100 valence electrons. The normalized spacial score (nSPS) is 22.3. The second-order valence-electron chi connectivity index (χ2n) is 4.99. The summed E-state index contributed by atoms with van der Waals surface area (Å²) in [7, 11) is 1.72. The zero-order valence-corrected chi connectivity index (χ0v) is 11.2. The lowest BCUT2D eigenvalue weighted by atomic mass is 9.76. The lowest BCUT2D eigenvalue weighted by Crippen LogP contribution is -2.49. The van der Waals surface area contributed by atoms with Crippen LogP contribution in [0.2, 0.25) is 0 Å². The summed E-state index contributed by atoms with van der Waals surface area (Å²) >= 11 is 0. The Morgan fingerprint density at radius 1 is 1.41 bits per heavy atom. The highest BCUT2D eigenvalue weighted by Crippen LogP contribution is 2.35. The molecule has 1 atom stereocenters. The van der Waals surface area contributed by atoms with Crippen LogP contribution in [0.3, 0.4) is 0 Å². The van der Waals surface area contributed by atoms with Crippen molar-refractivity contribution >= 4 is 5.97 Å². The van der Waals surface area contributed by atoms with Crippen LogP contribution in [0.15, 0.2) is 0 Å². The van der Waals surface area contributed by atoms with Gasteiger partial charge in [0.25, 0.3) is 0 Å². The van der Waals surface area contributed by atoms with Crippen LogP contribution in [0.5, 0.6) is 0 Å². The van der Waals surface area contributed by atoms with Crippen molar-refractivity contribution < 1.29 is 14.6 Å². The van der Waals surface area contributed by atoms with Crippen LogP contribution < -0.4 is 0 Å². The summed E-state index contributed by atoms with van der Waals surface area (Å²) in [5, 5.41) is 9.33. The zero-order valence-electron chi connectivity index (χ0n) is 11.2. The van der Waals surface area contributed by atoms with Crippen molar-refractivity contribution in [1.29, 1.82) is 0 Å². The molecule has 4 heteroatoms. The number of hydrogen-bond donors (Lipinski definition) is 1. The fourth-order valence-corrected chi connectivity index (χ4v) is 2.71. The number of carboxylic acid groups (broad SMARTS) is 1. The first-order chi connectivity index (χ1) is 8.09. The minimum absolute atomic E-state index is 0.434. The SMILES string of the molecule is CCC(COC)N1CCC(CC)(C(=O)O)CC1. The molecule has 1 fully saturated rings. The van der Waals surface area contributed by atoms with Gasteiger partial charge in [-0.05, 0) is 38.8 Å². The fraction of sp³-hybridized carbons (Fsp3) is 0.923. The minimum atomic E-state index is -0.626. The summed E-state index contributed by atoms with van der Waals surface area (Å²) in [5.41, 5.74) is -0.484. The monoisotopic (exact) mass is 243 g/mol. The lowest BCUT2D eigenvalue weighted by molar-refractivity contribution is -0.153. The van der Waals surface area contributed by atoms with Crippen molar-refractivity contribution in [2.45, 2.75) is 45.6 Å². The molecule has 1 heterocycles. The number of carboxylic acids is 1. The van der Waals surface area contributed by atoms with Gasteiger partial charge in [-0.3, -0.25) is 9.69 Å². The second kappa shape index (κ2) is 6.36. The van der Waals surface area contributed by atoms with Gasteiger partial charge in [0.1, 0.15) is 0 Å². The van der Waals surface area contributed by atoms with Gasteiger partial charge in [-0.15, -0.1) is 0 Å². The summed E-state index contributed by atoms with van der Waals surface area (Å²) in [6, 6.07) is 0.434. The Kier molecular flexibility index (Phi) is 5.40. The van der Waals surface area contributed by atoms with Gasteiger partial charge in [0.05, 0.1) is 12.0 Å². The average Bonchev–Trinajstić information content (AvgIpc) is 2.36. The van der Waals surface area contributed by atoms with E-state index in [1.807, 2.05) is 6.92 Å². The van der Waals surface area contributed by atoms with E-state index >= 15 is 0 Å². The topological polar surface area (TPSA) is 49.8 Å². The van der Waals surface area contributed by atoms with Crippen LogP contribution in [-0.2, 0) is 9.53 Å². The maximum atomic E-state index is 11.3. The third-order valence-electron chi connectivity index (χ3n) is 4.23. The van der Waals surface area contributed by atoms with E-state index in [0.717, 1.165) is 45.4 Å². The Hall–Kier alpha value is -0.610. The molecule has 0 spiro atoms. The summed E-state index contributed by atoms with van der Waals surface area (Å²) in [5.74, 6) is -0.626. The van der Waals surface area contributed by atoms with Gasteiger partial charge in [0, 0.05) is 13.2 Å². The Balaban J connectivity index is 2.57. The van der Waals surface area contributed by atoms with Gasteiger partial charge in [0.15, 0.2) is 0 Å². The number of nitrogens with zero attached hydrogens (tertiary/aromatic N) is 1. The third-order valence-corrected chi connectivity index (χ3v) is 4.23. The number of hydrogen-bond acceptors (Lipinski definition) is 3. The van der Waals surface area contributed by atoms with Crippen LogP contribution in [0, 0.1) is 5.41 Å². The molecule has 0 aromatic carbocycles. The highest BCUT2D eigenvalue weighted by molar-refractivity contribution is 5.74. The van der Waals surface area contributed by atoms with Gasteiger partial charge >= 0.3 is 5.97 Å². The highest BCUT2D eigenvalue weighted by atomic mass is 16.5. The van der Waals surface area contributed by atoms with E-state index in [9.17, 15) is 9.90 Å². The van der Waals surface area contributed by atoms with Crippen molar-refractivity contribution in [3.05, 3.63) is 0 Å². The summed E-state index contributed by atoms with van der Waals surface area (Å²) < 4.78 is 5.22. The lowest BCUT2D eigenvalue weighted by Gasteiger charge is -2.41. The van der Waals surface area contributed by atoms with Gasteiger partial charge in [-0.25, -0.2) is 0 Å². The largest absolute Gasteiger partial charge is 0.481 e. The van der Waals surface area contributed by atoms with E-state index < -0.39 is 11.4 Å². The average molecular weight is 243 g/mol. The van der Waals surface area contributed by atoms with E-state index in [2.05, 4.69) is 11.8 Å². The summed E-state index contributed by atoms with van der Waals surface area (Å²) in [4.78, 5) is 13.7. The van der Waals surface area contributed by atoms with Crippen LogP contribution in [0.4, 0.5) is 0 Å². The molecule has 1 aliphatic rings. The molecule has 0 bridgehead atoms. The number of ether oxygens (including phenoxy) is 1. The number of piperidine rings is 1. The minimum Gasteiger partial charge on any atom is -0.481 e. The van der Waals surface area contributed by atoms with Crippen LogP contribution >= 0.6 is 0 Å². The number of likely N-dealkylation sites (tertiary alicyclic amines) is 1. The van der Waals surface area contributed by atoms with Gasteiger partial charge < -0.3 is 9.84 Å². The predicted molar refractivity (Wildman–Crippen MR) is 67.1 cm³/mol. The third kappa shape index (κ3) is 3.19. The predicted octanol–water partition coefficient (Wildman–Crippen LogP) is 1.99. The Labute approximate surface area is 104 Å². The summed E-state index contributed by atoms with van der Waals surface area (Å²) in [6.07, 6.45) is 3.31. The van der Waals surface area contributed by atoms with Crippen molar-refractivity contribution in [1.82, 2.24) is 4.90 Å². The molecule has 0 aromatic heterocycles. The number of aliphatic carboxylic acids is 1. The molecule has 0 amide bonds. The molecule has 1 rings (SSSR count).